The number of anilines is 2. The molecular weight excluding hydrogens is 442 g/mol. The van der Waals surface area contributed by atoms with Crippen molar-refractivity contribution in [2.75, 3.05) is 10.6 Å². The Morgan fingerprint density at radius 1 is 0.812 bits per heavy atom. The summed E-state index contributed by atoms with van der Waals surface area (Å²) in [6.45, 7) is 4.48. The molecule has 2 aliphatic rings. The molecule has 2 atom stereocenters. The molecule has 7 nitrogen and oxygen atoms in total. The molecule has 0 fully saturated rings. The number of nitrogens with zero attached hydrogens (tertiary/aromatic N) is 3. The molecule has 0 aliphatic heterocycles. The first-order valence-electron chi connectivity index (χ1n) is 11.0. The SMILES string of the molecule is C[C@@H]1CCc2nc(NC(=O)c3cccc(C(=O)Nc4nc5c(s4)C[C@H](C)CC5)n3)sc2C1. The first-order valence-corrected chi connectivity index (χ1v) is 12.6. The van der Waals surface area contributed by atoms with E-state index < -0.39 is 0 Å². The fourth-order valence-corrected chi connectivity index (χ4v) is 6.53. The van der Waals surface area contributed by atoms with E-state index in [1.807, 2.05) is 0 Å². The highest BCUT2D eigenvalue weighted by molar-refractivity contribution is 7.16. The highest BCUT2D eigenvalue weighted by Crippen LogP contribution is 2.33. The molecule has 2 N–H and O–H groups in total. The lowest BCUT2D eigenvalue weighted by molar-refractivity contribution is 0.101. The van der Waals surface area contributed by atoms with E-state index in [2.05, 4.69) is 39.4 Å². The smallest absolute Gasteiger partial charge is 0.276 e. The Labute approximate surface area is 194 Å². The summed E-state index contributed by atoms with van der Waals surface area (Å²) in [7, 11) is 0. The van der Waals surface area contributed by atoms with Gasteiger partial charge in [0.15, 0.2) is 10.3 Å². The Morgan fingerprint density at radius 2 is 1.28 bits per heavy atom. The molecule has 9 heteroatoms. The van der Waals surface area contributed by atoms with E-state index in [1.165, 1.54) is 32.4 Å². The Bertz CT molecular complexity index is 1100. The van der Waals surface area contributed by atoms with E-state index in [1.54, 1.807) is 18.2 Å². The molecule has 0 radical (unpaired) electrons. The van der Waals surface area contributed by atoms with E-state index in [0.29, 0.717) is 22.1 Å². The predicted octanol–water partition coefficient (Wildman–Crippen LogP) is 4.75. The van der Waals surface area contributed by atoms with Gasteiger partial charge in [0.05, 0.1) is 11.4 Å². The van der Waals surface area contributed by atoms with Gasteiger partial charge in [-0.15, -0.1) is 22.7 Å². The zero-order chi connectivity index (χ0) is 22.2. The first-order chi connectivity index (χ1) is 15.4. The monoisotopic (exact) mass is 467 g/mol. The van der Waals surface area contributed by atoms with Crippen LogP contribution in [-0.4, -0.2) is 26.8 Å². The normalized spacial score (nSPS) is 19.7. The van der Waals surface area contributed by atoms with E-state index >= 15 is 0 Å². The van der Waals surface area contributed by atoms with Crippen LogP contribution in [0, 0.1) is 11.8 Å². The zero-order valence-electron chi connectivity index (χ0n) is 18.1. The van der Waals surface area contributed by atoms with Crippen molar-refractivity contribution in [1.82, 2.24) is 15.0 Å². The highest BCUT2D eigenvalue weighted by Gasteiger charge is 2.23. The van der Waals surface area contributed by atoms with Crippen LogP contribution in [0.5, 0.6) is 0 Å². The Morgan fingerprint density at radius 3 is 1.75 bits per heavy atom. The predicted molar refractivity (Wildman–Crippen MR) is 127 cm³/mol. The summed E-state index contributed by atoms with van der Waals surface area (Å²) in [5.41, 5.74) is 2.55. The van der Waals surface area contributed by atoms with Crippen molar-refractivity contribution >= 4 is 44.8 Å². The second-order valence-corrected chi connectivity index (χ2v) is 11.0. The molecule has 0 spiro atoms. The van der Waals surface area contributed by atoms with Crippen LogP contribution in [0.25, 0.3) is 0 Å². The number of nitrogens with one attached hydrogen (secondary N) is 2. The standard InChI is InChI=1S/C23H25N5O2S2/c1-12-6-8-14-18(10-12)31-22(25-14)27-20(29)16-4-3-5-17(24-16)21(30)28-23-26-15-9-7-13(2)11-19(15)32-23/h3-5,12-13H,6-11H2,1-2H3,(H,25,27,29)(H,26,28,30)/t12-,13-/m1/s1. The second-order valence-electron chi connectivity index (χ2n) is 8.79. The van der Waals surface area contributed by atoms with Gasteiger partial charge < -0.3 is 0 Å². The van der Waals surface area contributed by atoms with Gasteiger partial charge in [0.1, 0.15) is 11.4 Å². The number of pyridine rings is 1. The topological polar surface area (TPSA) is 96.9 Å². The molecule has 0 unspecified atom stereocenters. The summed E-state index contributed by atoms with van der Waals surface area (Å²) in [5.74, 6) is 0.570. The lowest BCUT2D eigenvalue weighted by Gasteiger charge is -2.15. The Hall–Kier alpha value is -2.65. The number of hydrogen-bond donors (Lipinski definition) is 2. The van der Waals surface area contributed by atoms with Crippen molar-refractivity contribution < 1.29 is 9.59 Å². The molecule has 166 valence electrons. The van der Waals surface area contributed by atoms with Crippen LogP contribution >= 0.6 is 22.7 Å². The molecule has 3 aromatic heterocycles. The van der Waals surface area contributed by atoms with Crippen LogP contribution in [0.4, 0.5) is 10.3 Å². The zero-order valence-corrected chi connectivity index (χ0v) is 19.7. The number of thiazole rings is 2. The van der Waals surface area contributed by atoms with Crippen LogP contribution in [0.3, 0.4) is 0 Å². The lowest BCUT2D eigenvalue weighted by atomic mass is 9.93. The first kappa shape index (κ1) is 21.2. The third-order valence-electron chi connectivity index (χ3n) is 6.03. The van der Waals surface area contributed by atoms with Gasteiger partial charge in [-0.2, -0.15) is 0 Å². The van der Waals surface area contributed by atoms with Gasteiger partial charge in [-0.1, -0.05) is 19.9 Å². The maximum absolute atomic E-state index is 12.7. The van der Waals surface area contributed by atoms with E-state index in [-0.39, 0.29) is 23.2 Å². The minimum atomic E-state index is -0.363. The van der Waals surface area contributed by atoms with Crippen LogP contribution in [-0.2, 0) is 25.7 Å². The number of aromatic nitrogens is 3. The number of rotatable bonds is 4. The van der Waals surface area contributed by atoms with E-state index in [4.69, 9.17) is 0 Å². The quantitative estimate of drug-likeness (QED) is 0.577. The fraction of sp³-hybridized carbons (Fsp3) is 0.435. The van der Waals surface area contributed by atoms with E-state index in [0.717, 1.165) is 49.9 Å². The Kier molecular flexibility index (Phi) is 5.77. The second kappa shape index (κ2) is 8.71. The summed E-state index contributed by atoms with van der Waals surface area (Å²) in [6.07, 6.45) is 6.19. The minimum Gasteiger partial charge on any atom is -0.296 e. The molecule has 5 rings (SSSR count). The summed E-state index contributed by atoms with van der Waals surface area (Å²) in [4.78, 5) is 41.4. The van der Waals surface area contributed by atoms with Crippen LogP contribution in [0.1, 0.15) is 68.8 Å². The third kappa shape index (κ3) is 4.45. The molecule has 3 aromatic rings. The fourth-order valence-electron chi connectivity index (χ4n) is 4.20. The van der Waals surface area contributed by atoms with Gasteiger partial charge in [-0.05, 0) is 62.5 Å². The molecule has 0 saturated heterocycles. The molecule has 2 amide bonds. The van der Waals surface area contributed by atoms with Crippen LogP contribution in [0.2, 0.25) is 0 Å². The summed E-state index contributed by atoms with van der Waals surface area (Å²) >= 11 is 3.06. The number of amides is 2. The molecule has 2 aliphatic carbocycles. The van der Waals surface area contributed by atoms with Crippen molar-refractivity contribution in [3.63, 3.8) is 0 Å². The largest absolute Gasteiger partial charge is 0.296 e. The van der Waals surface area contributed by atoms with Gasteiger partial charge >= 0.3 is 0 Å². The minimum absolute atomic E-state index is 0.187. The number of carbonyl (C=O) groups excluding carboxylic acids is 2. The van der Waals surface area contributed by atoms with Gasteiger partial charge in [0.2, 0.25) is 0 Å². The number of fused-ring (bicyclic) bond motifs is 2. The number of carbonyl (C=O) groups is 2. The maximum atomic E-state index is 12.7. The van der Waals surface area contributed by atoms with Crippen molar-refractivity contribution in [3.05, 3.63) is 50.7 Å². The van der Waals surface area contributed by atoms with Gasteiger partial charge in [-0.3, -0.25) is 20.2 Å². The maximum Gasteiger partial charge on any atom is 0.276 e. The number of aryl methyl sites for hydroxylation is 2. The van der Waals surface area contributed by atoms with Gasteiger partial charge in [-0.25, -0.2) is 15.0 Å². The van der Waals surface area contributed by atoms with Crippen LogP contribution in [0.15, 0.2) is 18.2 Å². The summed E-state index contributed by atoms with van der Waals surface area (Å²) in [6, 6.07) is 4.87. The lowest BCUT2D eigenvalue weighted by Crippen LogP contribution is -2.18. The van der Waals surface area contributed by atoms with Gasteiger partial charge in [0, 0.05) is 9.75 Å². The molecule has 0 aromatic carbocycles. The molecule has 0 saturated carbocycles. The average molecular weight is 468 g/mol. The van der Waals surface area contributed by atoms with Crippen molar-refractivity contribution in [1.29, 1.82) is 0 Å². The van der Waals surface area contributed by atoms with Crippen molar-refractivity contribution in [2.24, 2.45) is 11.8 Å². The Balaban J connectivity index is 1.27. The van der Waals surface area contributed by atoms with E-state index in [9.17, 15) is 9.59 Å². The van der Waals surface area contributed by atoms with Crippen LogP contribution < -0.4 is 10.6 Å². The summed E-state index contributed by atoms with van der Waals surface area (Å²) < 4.78 is 0. The average Bonchev–Trinajstić information content (AvgIpc) is 3.35. The van der Waals surface area contributed by atoms with Crippen molar-refractivity contribution in [2.45, 2.75) is 52.4 Å². The van der Waals surface area contributed by atoms with Crippen molar-refractivity contribution in [3.8, 4) is 0 Å². The number of hydrogen-bond acceptors (Lipinski definition) is 7. The molecule has 0 bridgehead atoms. The van der Waals surface area contributed by atoms with Gasteiger partial charge in [0.25, 0.3) is 11.8 Å². The summed E-state index contributed by atoms with van der Waals surface area (Å²) in [5, 5.41) is 6.88. The molecule has 32 heavy (non-hydrogen) atoms. The third-order valence-corrected chi connectivity index (χ3v) is 8.10. The molecule has 3 heterocycles. The highest BCUT2D eigenvalue weighted by atomic mass is 32.1. The molecular formula is C23H25N5O2S2.